The van der Waals surface area contributed by atoms with E-state index in [9.17, 15) is 9.18 Å². The Morgan fingerprint density at radius 1 is 1.16 bits per heavy atom. The summed E-state index contributed by atoms with van der Waals surface area (Å²) in [4.78, 5) is 21.2. The molecule has 2 aromatic rings. The van der Waals surface area contributed by atoms with E-state index in [0.717, 1.165) is 19.6 Å². The predicted molar refractivity (Wildman–Crippen MR) is 93.2 cm³/mol. The molecule has 1 aromatic carbocycles. The molecule has 0 bridgehead atoms. The number of benzene rings is 1. The van der Waals surface area contributed by atoms with Gasteiger partial charge in [0.15, 0.2) is 0 Å². The van der Waals surface area contributed by atoms with Crippen LogP contribution in [0.5, 0.6) is 0 Å². The Balaban J connectivity index is 1.69. The van der Waals surface area contributed by atoms with Gasteiger partial charge in [-0.1, -0.05) is 13.8 Å². The Morgan fingerprint density at radius 3 is 2.40 bits per heavy atom. The van der Waals surface area contributed by atoms with Crippen molar-refractivity contribution in [3.05, 3.63) is 41.7 Å². The molecule has 1 fully saturated rings. The van der Waals surface area contributed by atoms with Crippen molar-refractivity contribution in [1.82, 2.24) is 24.6 Å². The highest BCUT2D eigenvalue weighted by molar-refractivity contribution is 5.90. The standard InChI is InChI=1S/C18H24FN5O/c1-13(2)12-22-8-10-23(11-9-22)18(25)17-20-14(3)24(21-17)16-6-4-15(19)5-7-16/h4-7,13H,8-12H2,1-3H3. The maximum absolute atomic E-state index is 13.1. The van der Waals surface area contributed by atoms with Gasteiger partial charge in [-0.25, -0.2) is 14.1 Å². The fourth-order valence-corrected chi connectivity index (χ4v) is 3.10. The van der Waals surface area contributed by atoms with Crippen molar-refractivity contribution in [3.8, 4) is 5.69 Å². The largest absolute Gasteiger partial charge is 0.333 e. The lowest BCUT2D eigenvalue weighted by Crippen LogP contribution is -2.49. The summed E-state index contributed by atoms with van der Waals surface area (Å²) in [5.74, 6) is 0.968. The number of halogens is 1. The molecule has 0 saturated carbocycles. The van der Waals surface area contributed by atoms with Crippen molar-refractivity contribution in [2.75, 3.05) is 32.7 Å². The first-order valence-corrected chi connectivity index (χ1v) is 8.65. The van der Waals surface area contributed by atoms with E-state index in [1.807, 2.05) is 0 Å². The molecule has 0 spiro atoms. The summed E-state index contributed by atoms with van der Waals surface area (Å²) in [6, 6.07) is 5.98. The number of carbonyl (C=O) groups is 1. The van der Waals surface area contributed by atoms with Crippen LogP contribution < -0.4 is 0 Å². The lowest BCUT2D eigenvalue weighted by Gasteiger charge is -2.34. The predicted octanol–water partition coefficient (Wildman–Crippen LogP) is 2.13. The number of rotatable bonds is 4. The number of carbonyl (C=O) groups excluding carboxylic acids is 1. The zero-order chi connectivity index (χ0) is 18.0. The maximum atomic E-state index is 13.1. The summed E-state index contributed by atoms with van der Waals surface area (Å²) < 4.78 is 14.7. The first-order chi connectivity index (χ1) is 11.9. The van der Waals surface area contributed by atoms with Gasteiger partial charge in [0.05, 0.1) is 5.69 Å². The number of aromatic nitrogens is 3. The zero-order valence-corrected chi connectivity index (χ0v) is 14.9. The Kier molecular flexibility index (Phi) is 5.13. The molecule has 1 aromatic heterocycles. The highest BCUT2D eigenvalue weighted by atomic mass is 19.1. The van der Waals surface area contributed by atoms with E-state index in [-0.39, 0.29) is 17.5 Å². The monoisotopic (exact) mass is 345 g/mol. The number of nitrogens with zero attached hydrogens (tertiary/aromatic N) is 5. The average Bonchev–Trinajstić information content (AvgIpc) is 2.97. The molecule has 1 amide bonds. The first kappa shape index (κ1) is 17.5. The number of hydrogen-bond donors (Lipinski definition) is 0. The number of aryl methyl sites for hydroxylation is 1. The molecular formula is C18H24FN5O. The topological polar surface area (TPSA) is 54.3 Å². The molecule has 6 nitrogen and oxygen atoms in total. The summed E-state index contributed by atoms with van der Waals surface area (Å²) in [5, 5.41) is 4.33. The minimum absolute atomic E-state index is 0.145. The summed E-state index contributed by atoms with van der Waals surface area (Å²) in [6.07, 6.45) is 0. The molecule has 2 heterocycles. The first-order valence-electron chi connectivity index (χ1n) is 8.65. The van der Waals surface area contributed by atoms with Crippen LogP contribution in [0.15, 0.2) is 24.3 Å². The van der Waals surface area contributed by atoms with Crippen LogP contribution in [0.3, 0.4) is 0 Å². The Morgan fingerprint density at radius 2 is 1.80 bits per heavy atom. The number of hydrogen-bond acceptors (Lipinski definition) is 4. The van der Waals surface area contributed by atoms with Gasteiger partial charge in [0, 0.05) is 32.7 Å². The van der Waals surface area contributed by atoms with Crippen LogP contribution in [0.4, 0.5) is 4.39 Å². The van der Waals surface area contributed by atoms with Gasteiger partial charge in [-0.15, -0.1) is 5.10 Å². The SMILES string of the molecule is Cc1nc(C(=O)N2CCN(CC(C)C)CC2)nn1-c1ccc(F)cc1. The van der Waals surface area contributed by atoms with E-state index in [1.165, 1.54) is 12.1 Å². The minimum Gasteiger partial charge on any atom is -0.333 e. The molecule has 3 rings (SSSR count). The van der Waals surface area contributed by atoms with Crippen LogP contribution in [0.2, 0.25) is 0 Å². The van der Waals surface area contributed by atoms with Gasteiger partial charge in [-0.2, -0.15) is 0 Å². The van der Waals surface area contributed by atoms with Gasteiger partial charge in [0.25, 0.3) is 5.91 Å². The van der Waals surface area contributed by atoms with Crippen LogP contribution >= 0.6 is 0 Å². The Bertz CT molecular complexity index is 732. The highest BCUT2D eigenvalue weighted by Crippen LogP contribution is 2.13. The van der Waals surface area contributed by atoms with Crippen LogP contribution in [0, 0.1) is 18.7 Å². The fourth-order valence-electron chi connectivity index (χ4n) is 3.10. The highest BCUT2D eigenvalue weighted by Gasteiger charge is 2.25. The molecule has 0 radical (unpaired) electrons. The van der Waals surface area contributed by atoms with E-state index >= 15 is 0 Å². The quantitative estimate of drug-likeness (QED) is 0.852. The summed E-state index contributed by atoms with van der Waals surface area (Å²) in [7, 11) is 0. The molecule has 0 aliphatic carbocycles. The van der Waals surface area contributed by atoms with Crippen molar-refractivity contribution in [3.63, 3.8) is 0 Å². The second-order valence-corrected chi connectivity index (χ2v) is 6.86. The fraction of sp³-hybridized carbons (Fsp3) is 0.500. The van der Waals surface area contributed by atoms with E-state index in [2.05, 4.69) is 28.8 Å². The molecule has 25 heavy (non-hydrogen) atoms. The molecule has 7 heteroatoms. The van der Waals surface area contributed by atoms with Crippen molar-refractivity contribution < 1.29 is 9.18 Å². The van der Waals surface area contributed by atoms with E-state index in [1.54, 1.807) is 28.6 Å². The summed E-state index contributed by atoms with van der Waals surface area (Å²) >= 11 is 0. The second-order valence-electron chi connectivity index (χ2n) is 6.86. The third-order valence-corrected chi connectivity index (χ3v) is 4.31. The molecule has 1 aliphatic rings. The van der Waals surface area contributed by atoms with E-state index < -0.39 is 0 Å². The molecule has 0 N–H and O–H groups in total. The lowest BCUT2D eigenvalue weighted by molar-refractivity contribution is 0.0612. The zero-order valence-electron chi connectivity index (χ0n) is 14.9. The molecule has 1 aliphatic heterocycles. The Labute approximate surface area is 147 Å². The van der Waals surface area contributed by atoms with E-state index in [0.29, 0.717) is 30.5 Å². The van der Waals surface area contributed by atoms with Crippen molar-refractivity contribution in [2.45, 2.75) is 20.8 Å². The second kappa shape index (κ2) is 7.31. The third-order valence-electron chi connectivity index (χ3n) is 4.31. The van der Waals surface area contributed by atoms with Gasteiger partial charge >= 0.3 is 0 Å². The van der Waals surface area contributed by atoms with Crippen molar-refractivity contribution in [1.29, 1.82) is 0 Å². The van der Waals surface area contributed by atoms with Crippen LogP contribution in [0.25, 0.3) is 5.69 Å². The lowest BCUT2D eigenvalue weighted by atomic mass is 10.2. The van der Waals surface area contributed by atoms with Gasteiger partial charge in [-0.3, -0.25) is 9.69 Å². The van der Waals surface area contributed by atoms with Gasteiger partial charge in [0.1, 0.15) is 11.6 Å². The average molecular weight is 345 g/mol. The molecule has 1 saturated heterocycles. The molecule has 0 unspecified atom stereocenters. The summed E-state index contributed by atoms with van der Waals surface area (Å²) in [5.41, 5.74) is 0.687. The van der Waals surface area contributed by atoms with Crippen LogP contribution in [-0.2, 0) is 0 Å². The number of piperazine rings is 1. The third kappa shape index (κ3) is 4.04. The molecule has 0 atom stereocenters. The molecular weight excluding hydrogens is 321 g/mol. The van der Waals surface area contributed by atoms with Gasteiger partial charge < -0.3 is 4.90 Å². The van der Waals surface area contributed by atoms with Crippen LogP contribution in [-0.4, -0.2) is 63.2 Å². The van der Waals surface area contributed by atoms with E-state index in [4.69, 9.17) is 0 Å². The summed E-state index contributed by atoms with van der Waals surface area (Å²) in [6.45, 7) is 10.4. The van der Waals surface area contributed by atoms with Crippen LogP contribution in [0.1, 0.15) is 30.3 Å². The maximum Gasteiger partial charge on any atom is 0.293 e. The van der Waals surface area contributed by atoms with Crippen molar-refractivity contribution in [2.24, 2.45) is 5.92 Å². The van der Waals surface area contributed by atoms with Gasteiger partial charge in [-0.05, 0) is 37.1 Å². The van der Waals surface area contributed by atoms with Gasteiger partial charge in [0.2, 0.25) is 5.82 Å². The smallest absolute Gasteiger partial charge is 0.293 e. The minimum atomic E-state index is -0.308. The Hall–Kier alpha value is -2.28. The number of amides is 1. The van der Waals surface area contributed by atoms with Crippen molar-refractivity contribution >= 4 is 5.91 Å². The molecule has 134 valence electrons. The normalized spacial score (nSPS) is 15.8.